The SMILES string of the molecule is CC(C)OCCN(C)c1cc(F)cc(C=O)c1. The van der Waals surface area contributed by atoms with Gasteiger partial charge >= 0.3 is 0 Å². The second kappa shape index (κ2) is 6.35. The molecule has 0 amide bonds. The fourth-order valence-electron chi connectivity index (χ4n) is 1.44. The Morgan fingerprint density at radius 3 is 2.71 bits per heavy atom. The minimum Gasteiger partial charge on any atom is -0.377 e. The number of anilines is 1. The monoisotopic (exact) mass is 239 g/mol. The predicted octanol–water partition coefficient (Wildman–Crippen LogP) is 2.50. The van der Waals surface area contributed by atoms with Gasteiger partial charge in [-0.25, -0.2) is 4.39 Å². The molecule has 0 heterocycles. The minimum atomic E-state index is -0.402. The molecule has 0 spiro atoms. The first kappa shape index (κ1) is 13.6. The molecule has 4 heteroatoms. The summed E-state index contributed by atoms with van der Waals surface area (Å²) in [5.41, 5.74) is 1.02. The molecular weight excluding hydrogens is 221 g/mol. The Morgan fingerprint density at radius 1 is 1.41 bits per heavy atom. The standard InChI is InChI=1S/C13H18FNO2/c1-10(2)17-5-4-15(3)13-7-11(9-16)6-12(14)8-13/h6-10H,4-5H2,1-3H3. The molecule has 94 valence electrons. The van der Waals surface area contributed by atoms with Gasteiger partial charge in [-0.05, 0) is 32.0 Å². The highest BCUT2D eigenvalue weighted by molar-refractivity contribution is 5.77. The first-order valence-electron chi connectivity index (χ1n) is 5.61. The van der Waals surface area contributed by atoms with Crippen molar-refractivity contribution in [2.45, 2.75) is 20.0 Å². The second-order valence-electron chi connectivity index (χ2n) is 4.20. The summed E-state index contributed by atoms with van der Waals surface area (Å²) >= 11 is 0. The molecule has 0 saturated carbocycles. The van der Waals surface area contributed by atoms with E-state index in [1.165, 1.54) is 12.1 Å². The summed E-state index contributed by atoms with van der Waals surface area (Å²) in [6, 6.07) is 4.28. The molecule has 0 aliphatic carbocycles. The number of hydrogen-bond acceptors (Lipinski definition) is 3. The van der Waals surface area contributed by atoms with E-state index in [-0.39, 0.29) is 6.10 Å². The van der Waals surface area contributed by atoms with E-state index in [2.05, 4.69) is 0 Å². The second-order valence-corrected chi connectivity index (χ2v) is 4.20. The van der Waals surface area contributed by atoms with Crippen LogP contribution in [-0.2, 0) is 4.74 Å². The first-order chi connectivity index (χ1) is 8.02. The van der Waals surface area contributed by atoms with Crippen LogP contribution >= 0.6 is 0 Å². The summed E-state index contributed by atoms with van der Waals surface area (Å²) in [4.78, 5) is 12.5. The van der Waals surface area contributed by atoms with Crippen molar-refractivity contribution in [3.8, 4) is 0 Å². The number of hydrogen-bond donors (Lipinski definition) is 0. The zero-order valence-corrected chi connectivity index (χ0v) is 10.4. The average Bonchev–Trinajstić information content (AvgIpc) is 2.27. The van der Waals surface area contributed by atoms with E-state index in [1.54, 1.807) is 6.07 Å². The van der Waals surface area contributed by atoms with Crippen molar-refractivity contribution in [3.05, 3.63) is 29.6 Å². The number of benzene rings is 1. The molecule has 17 heavy (non-hydrogen) atoms. The Labute approximate surface area is 101 Å². The topological polar surface area (TPSA) is 29.5 Å². The molecule has 0 aliphatic heterocycles. The Kier molecular flexibility index (Phi) is 5.10. The highest BCUT2D eigenvalue weighted by Crippen LogP contribution is 2.16. The van der Waals surface area contributed by atoms with E-state index in [0.29, 0.717) is 30.7 Å². The van der Waals surface area contributed by atoms with Crippen LogP contribution in [0, 0.1) is 5.82 Å². The fraction of sp³-hybridized carbons (Fsp3) is 0.462. The van der Waals surface area contributed by atoms with Crippen LogP contribution in [-0.4, -0.2) is 32.6 Å². The molecule has 1 aromatic carbocycles. The van der Waals surface area contributed by atoms with Gasteiger partial charge in [0.15, 0.2) is 0 Å². The van der Waals surface area contributed by atoms with Crippen molar-refractivity contribution >= 4 is 12.0 Å². The van der Waals surface area contributed by atoms with Crippen LogP contribution in [0.25, 0.3) is 0 Å². The Hall–Kier alpha value is -1.42. The van der Waals surface area contributed by atoms with Crippen molar-refractivity contribution < 1.29 is 13.9 Å². The number of carbonyl (C=O) groups is 1. The largest absolute Gasteiger partial charge is 0.377 e. The maximum absolute atomic E-state index is 13.2. The molecule has 3 nitrogen and oxygen atoms in total. The smallest absolute Gasteiger partial charge is 0.150 e. The quantitative estimate of drug-likeness (QED) is 0.714. The lowest BCUT2D eigenvalue weighted by Gasteiger charge is -2.20. The van der Waals surface area contributed by atoms with Gasteiger partial charge in [0, 0.05) is 24.8 Å². The maximum atomic E-state index is 13.2. The van der Waals surface area contributed by atoms with Crippen molar-refractivity contribution in [2.24, 2.45) is 0 Å². The summed E-state index contributed by atoms with van der Waals surface area (Å²) in [6.45, 7) is 5.15. The number of likely N-dealkylation sites (N-methyl/N-ethyl adjacent to an activating group) is 1. The van der Waals surface area contributed by atoms with Gasteiger partial charge in [0.05, 0.1) is 12.7 Å². The fourth-order valence-corrected chi connectivity index (χ4v) is 1.44. The Morgan fingerprint density at radius 2 is 2.12 bits per heavy atom. The predicted molar refractivity (Wildman–Crippen MR) is 66.1 cm³/mol. The lowest BCUT2D eigenvalue weighted by Crippen LogP contribution is -2.24. The molecule has 0 aromatic heterocycles. The van der Waals surface area contributed by atoms with E-state index in [4.69, 9.17) is 4.74 Å². The van der Waals surface area contributed by atoms with Gasteiger partial charge < -0.3 is 9.64 Å². The number of carbonyl (C=O) groups excluding carboxylic acids is 1. The van der Waals surface area contributed by atoms with Crippen LogP contribution < -0.4 is 4.90 Å². The van der Waals surface area contributed by atoms with E-state index in [9.17, 15) is 9.18 Å². The number of halogens is 1. The Balaban J connectivity index is 2.64. The molecule has 1 aromatic rings. The summed E-state index contributed by atoms with van der Waals surface area (Å²) in [7, 11) is 1.84. The third-order valence-electron chi connectivity index (χ3n) is 2.36. The van der Waals surface area contributed by atoms with Gasteiger partial charge in [-0.1, -0.05) is 0 Å². The van der Waals surface area contributed by atoms with E-state index >= 15 is 0 Å². The average molecular weight is 239 g/mol. The lowest BCUT2D eigenvalue weighted by molar-refractivity contribution is 0.0846. The minimum absolute atomic E-state index is 0.182. The van der Waals surface area contributed by atoms with Gasteiger partial charge in [-0.2, -0.15) is 0 Å². The normalized spacial score (nSPS) is 10.6. The number of rotatable bonds is 6. The summed E-state index contributed by atoms with van der Waals surface area (Å²) < 4.78 is 18.6. The highest BCUT2D eigenvalue weighted by Gasteiger charge is 2.05. The zero-order valence-electron chi connectivity index (χ0n) is 10.4. The van der Waals surface area contributed by atoms with Gasteiger partial charge in [0.25, 0.3) is 0 Å². The van der Waals surface area contributed by atoms with E-state index < -0.39 is 5.82 Å². The van der Waals surface area contributed by atoms with E-state index in [0.717, 1.165) is 0 Å². The molecule has 0 radical (unpaired) electrons. The molecular formula is C13H18FNO2. The van der Waals surface area contributed by atoms with Crippen LogP contribution in [0.4, 0.5) is 10.1 Å². The zero-order chi connectivity index (χ0) is 12.8. The molecule has 0 aliphatic rings. The van der Waals surface area contributed by atoms with Gasteiger partial charge in [-0.15, -0.1) is 0 Å². The maximum Gasteiger partial charge on any atom is 0.150 e. The van der Waals surface area contributed by atoms with Gasteiger partial charge in [0.1, 0.15) is 12.1 Å². The summed E-state index contributed by atoms with van der Waals surface area (Å²) in [5, 5.41) is 0. The number of ether oxygens (including phenoxy) is 1. The van der Waals surface area contributed by atoms with Crippen LogP contribution in [0.15, 0.2) is 18.2 Å². The van der Waals surface area contributed by atoms with Gasteiger partial charge in [0.2, 0.25) is 0 Å². The molecule has 1 rings (SSSR count). The highest BCUT2D eigenvalue weighted by atomic mass is 19.1. The summed E-state index contributed by atoms with van der Waals surface area (Å²) in [6.07, 6.45) is 0.826. The molecule has 0 saturated heterocycles. The molecule has 0 N–H and O–H groups in total. The first-order valence-corrected chi connectivity index (χ1v) is 5.61. The molecule has 0 atom stereocenters. The summed E-state index contributed by atoms with van der Waals surface area (Å²) in [5.74, 6) is -0.402. The van der Waals surface area contributed by atoms with Crippen molar-refractivity contribution in [1.29, 1.82) is 0 Å². The van der Waals surface area contributed by atoms with Crippen LogP contribution in [0.5, 0.6) is 0 Å². The molecule has 0 fully saturated rings. The number of nitrogens with zero attached hydrogens (tertiary/aromatic N) is 1. The van der Waals surface area contributed by atoms with Gasteiger partial charge in [-0.3, -0.25) is 4.79 Å². The van der Waals surface area contributed by atoms with Crippen molar-refractivity contribution in [1.82, 2.24) is 0 Å². The molecule has 0 bridgehead atoms. The van der Waals surface area contributed by atoms with Crippen molar-refractivity contribution in [2.75, 3.05) is 25.1 Å². The molecule has 0 unspecified atom stereocenters. The Bertz CT molecular complexity index is 380. The van der Waals surface area contributed by atoms with Crippen LogP contribution in [0.1, 0.15) is 24.2 Å². The number of aldehydes is 1. The van der Waals surface area contributed by atoms with Crippen LogP contribution in [0.2, 0.25) is 0 Å². The third-order valence-corrected chi connectivity index (χ3v) is 2.36. The van der Waals surface area contributed by atoms with Crippen LogP contribution in [0.3, 0.4) is 0 Å². The third kappa shape index (κ3) is 4.53. The van der Waals surface area contributed by atoms with E-state index in [1.807, 2.05) is 25.8 Å². The lowest BCUT2D eigenvalue weighted by atomic mass is 10.2. The van der Waals surface area contributed by atoms with Crippen molar-refractivity contribution in [3.63, 3.8) is 0 Å².